The predicted molar refractivity (Wildman–Crippen MR) is 75.9 cm³/mol. The molecule has 2 N–H and O–H groups in total. The Hall–Kier alpha value is -0.610. The molecule has 0 radical (unpaired) electrons. The maximum absolute atomic E-state index is 11.8. The minimum absolute atomic E-state index is 0.0553. The van der Waals surface area contributed by atoms with Crippen LogP contribution in [0.25, 0.3) is 0 Å². The average Bonchev–Trinajstić information content (AvgIpc) is 2.42. The zero-order valence-corrected chi connectivity index (χ0v) is 12.4. The first-order chi connectivity index (χ1) is 9.03. The molecule has 1 atom stereocenters. The van der Waals surface area contributed by atoms with Crippen molar-refractivity contribution in [1.29, 1.82) is 0 Å². The molecule has 0 bridgehead atoms. The molecule has 1 aliphatic rings. The number of aliphatic hydroxyl groups is 1. The summed E-state index contributed by atoms with van der Waals surface area (Å²) in [5.74, 6) is 0.117. The highest BCUT2D eigenvalue weighted by atomic mass is 16.5. The summed E-state index contributed by atoms with van der Waals surface area (Å²) in [6, 6.07) is 0. The van der Waals surface area contributed by atoms with Crippen molar-refractivity contribution in [3.8, 4) is 0 Å². The molecule has 4 nitrogen and oxygen atoms in total. The molecule has 1 fully saturated rings. The van der Waals surface area contributed by atoms with Crippen LogP contribution in [0.3, 0.4) is 0 Å². The Morgan fingerprint density at radius 2 is 2.21 bits per heavy atom. The van der Waals surface area contributed by atoms with Crippen LogP contribution in [-0.4, -0.2) is 36.9 Å². The third-order valence-electron chi connectivity index (χ3n) is 3.74. The molecule has 0 aromatic carbocycles. The average molecular weight is 271 g/mol. The summed E-state index contributed by atoms with van der Waals surface area (Å²) in [6.07, 6.45) is 6.86. The third-order valence-corrected chi connectivity index (χ3v) is 3.74. The van der Waals surface area contributed by atoms with Gasteiger partial charge in [-0.1, -0.05) is 13.8 Å². The number of hydrogen-bond acceptors (Lipinski definition) is 3. The van der Waals surface area contributed by atoms with Gasteiger partial charge in [-0.25, -0.2) is 0 Å². The highest BCUT2D eigenvalue weighted by Gasteiger charge is 2.19. The monoisotopic (exact) mass is 271 g/mol. The molecule has 19 heavy (non-hydrogen) atoms. The Kier molecular flexibility index (Phi) is 7.39. The van der Waals surface area contributed by atoms with Crippen LogP contribution in [0, 0.1) is 5.41 Å². The summed E-state index contributed by atoms with van der Waals surface area (Å²) >= 11 is 0. The lowest BCUT2D eigenvalue weighted by molar-refractivity contribution is -0.122. The Balaban J connectivity index is 2.12. The first kappa shape index (κ1) is 16.4. The molecule has 112 valence electrons. The number of carbonyl (C=O) groups is 1. The second kappa shape index (κ2) is 8.54. The number of amides is 1. The van der Waals surface area contributed by atoms with Crippen LogP contribution in [0.2, 0.25) is 0 Å². The van der Waals surface area contributed by atoms with Crippen molar-refractivity contribution in [1.82, 2.24) is 5.32 Å². The number of rotatable bonds is 8. The van der Waals surface area contributed by atoms with Crippen LogP contribution < -0.4 is 5.32 Å². The topological polar surface area (TPSA) is 58.6 Å². The van der Waals surface area contributed by atoms with Crippen LogP contribution in [0.5, 0.6) is 0 Å². The first-order valence-corrected chi connectivity index (χ1v) is 7.53. The van der Waals surface area contributed by atoms with E-state index in [1.54, 1.807) is 0 Å². The first-order valence-electron chi connectivity index (χ1n) is 7.53. The molecule has 0 saturated carbocycles. The van der Waals surface area contributed by atoms with Gasteiger partial charge in [0, 0.05) is 26.2 Å². The molecule has 1 heterocycles. The van der Waals surface area contributed by atoms with E-state index in [4.69, 9.17) is 9.84 Å². The zero-order chi connectivity index (χ0) is 14.1. The lowest BCUT2D eigenvalue weighted by Crippen LogP contribution is -2.34. The highest BCUT2D eigenvalue weighted by Crippen LogP contribution is 2.21. The highest BCUT2D eigenvalue weighted by molar-refractivity contribution is 5.75. The fourth-order valence-corrected chi connectivity index (χ4v) is 2.40. The molecule has 1 saturated heterocycles. The molecule has 1 rings (SSSR count). The number of carbonyl (C=O) groups excluding carboxylic acids is 1. The van der Waals surface area contributed by atoms with Gasteiger partial charge in [0.15, 0.2) is 0 Å². The van der Waals surface area contributed by atoms with Gasteiger partial charge in [0.2, 0.25) is 5.91 Å². The molecule has 0 aromatic heterocycles. The van der Waals surface area contributed by atoms with Crippen LogP contribution >= 0.6 is 0 Å². The summed E-state index contributed by atoms with van der Waals surface area (Å²) in [5, 5.41) is 11.8. The van der Waals surface area contributed by atoms with Gasteiger partial charge in [-0.3, -0.25) is 4.79 Å². The largest absolute Gasteiger partial charge is 0.396 e. The summed E-state index contributed by atoms with van der Waals surface area (Å²) < 4.78 is 5.62. The molecule has 1 unspecified atom stereocenters. The Morgan fingerprint density at radius 3 is 2.84 bits per heavy atom. The SMILES string of the molecule is CC(C)(CCCO)CNC(=O)CCC1CCCCO1. The maximum atomic E-state index is 11.8. The minimum Gasteiger partial charge on any atom is -0.396 e. The Morgan fingerprint density at radius 1 is 1.42 bits per heavy atom. The quantitative estimate of drug-likeness (QED) is 0.712. The van der Waals surface area contributed by atoms with Gasteiger partial charge >= 0.3 is 0 Å². The summed E-state index contributed by atoms with van der Waals surface area (Å²) in [7, 11) is 0. The molecule has 4 heteroatoms. The predicted octanol–water partition coefficient (Wildman–Crippen LogP) is 2.25. The van der Waals surface area contributed by atoms with Crippen LogP contribution in [-0.2, 0) is 9.53 Å². The van der Waals surface area contributed by atoms with E-state index in [0.29, 0.717) is 13.0 Å². The summed E-state index contributed by atoms with van der Waals surface area (Å²) in [4.78, 5) is 11.8. The molecule has 0 spiro atoms. The van der Waals surface area contributed by atoms with Crippen molar-refractivity contribution >= 4 is 5.91 Å². The molecular weight excluding hydrogens is 242 g/mol. The molecule has 0 aromatic rings. The van der Waals surface area contributed by atoms with Crippen molar-refractivity contribution in [2.75, 3.05) is 19.8 Å². The molecule has 1 aliphatic heterocycles. The lowest BCUT2D eigenvalue weighted by atomic mass is 9.88. The lowest BCUT2D eigenvalue weighted by Gasteiger charge is -2.25. The normalized spacial score (nSPS) is 20.3. The van der Waals surface area contributed by atoms with Gasteiger partial charge in [-0.05, 0) is 43.9 Å². The molecular formula is C15H29NO3. The van der Waals surface area contributed by atoms with Crippen molar-refractivity contribution in [2.45, 2.75) is 64.9 Å². The Labute approximate surface area is 116 Å². The fourth-order valence-electron chi connectivity index (χ4n) is 2.40. The number of ether oxygens (including phenoxy) is 1. The van der Waals surface area contributed by atoms with Crippen LogP contribution in [0.15, 0.2) is 0 Å². The Bertz CT molecular complexity index is 260. The minimum atomic E-state index is 0.0553. The standard InChI is InChI=1S/C15H29NO3/c1-15(2,9-5-10-17)12-16-14(18)8-7-13-6-3-4-11-19-13/h13,17H,3-12H2,1-2H3,(H,16,18). The van der Waals surface area contributed by atoms with E-state index in [9.17, 15) is 4.79 Å². The van der Waals surface area contributed by atoms with Crippen molar-refractivity contribution in [2.24, 2.45) is 5.41 Å². The zero-order valence-electron chi connectivity index (χ0n) is 12.4. The van der Waals surface area contributed by atoms with Crippen molar-refractivity contribution in [3.63, 3.8) is 0 Å². The van der Waals surface area contributed by atoms with E-state index < -0.39 is 0 Å². The molecule has 0 aliphatic carbocycles. The van der Waals surface area contributed by atoms with Gasteiger partial charge in [-0.15, -0.1) is 0 Å². The second-order valence-electron chi connectivity index (χ2n) is 6.30. The molecule has 1 amide bonds. The van der Waals surface area contributed by atoms with Gasteiger partial charge in [0.1, 0.15) is 0 Å². The number of aliphatic hydroxyl groups excluding tert-OH is 1. The second-order valence-corrected chi connectivity index (χ2v) is 6.30. The van der Waals surface area contributed by atoms with Crippen molar-refractivity contribution < 1.29 is 14.6 Å². The van der Waals surface area contributed by atoms with Gasteiger partial charge in [0.25, 0.3) is 0 Å². The van der Waals surface area contributed by atoms with Gasteiger partial charge in [-0.2, -0.15) is 0 Å². The number of nitrogens with one attached hydrogen (secondary N) is 1. The van der Waals surface area contributed by atoms with E-state index in [2.05, 4.69) is 19.2 Å². The fraction of sp³-hybridized carbons (Fsp3) is 0.933. The van der Waals surface area contributed by atoms with Crippen molar-refractivity contribution in [3.05, 3.63) is 0 Å². The van der Waals surface area contributed by atoms with E-state index in [1.165, 1.54) is 6.42 Å². The van der Waals surface area contributed by atoms with E-state index >= 15 is 0 Å². The summed E-state index contributed by atoms with van der Waals surface area (Å²) in [5.41, 5.74) is 0.0553. The van der Waals surface area contributed by atoms with Gasteiger partial charge < -0.3 is 15.2 Å². The smallest absolute Gasteiger partial charge is 0.220 e. The van der Waals surface area contributed by atoms with E-state index in [0.717, 1.165) is 38.7 Å². The number of hydrogen-bond donors (Lipinski definition) is 2. The van der Waals surface area contributed by atoms with E-state index in [-0.39, 0.29) is 24.0 Å². The summed E-state index contributed by atoms with van der Waals surface area (Å²) in [6.45, 7) is 5.98. The van der Waals surface area contributed by atoms with Crippen LogP contribution in [0.1, 0.15) is 58.8 Å². The third kappa shape index (κ3) is 7.53. The van der Waals surface area contributed by atoms with Gasteiger partial charge in [0.05, 0.1) is 6.10 Å². The maximum Gasteiger partial charge on any atom is 0.220 e. The van der Waals surface area contributed by atoms with E-state index in [1.807, 2.05) is 0 Å². The van der Waals surface area contributed by atoms with Crippen LogP contribution in [0.4, 0.5) is 0 Å².